The summed E-state index contributed by atoms with van der Waals surface area (Å²) in [5.74, 6) is 1.64. The maximum Gasteiger partial charge on any atom is 0.175 e. The van der Waals surface area contributed by atoms with Crippen molar-refractivity contribution in [2.75, 3.05) is 53.5 Å². The van der Waals surface area contributed by atoms with E-state index in [0.29, 0.717) is 6.61 Å². The molecule has 1 aromatic carbocycles. The van der Waals surface area contributed by atoms with Crippen LogP contribution in [0.1, 0.15) is 25.3 Å². The number of hydrogen-bond acceptors (Lipinski definition) is 4. The van der Waals surface area contributed by atoms with Gasteiger partial charge in [-0.15, -0.1) is 0 Å². The van der Waals surface area contributed by atoms with E-state index in [1.54, 1.807) is 7.11 Å². The predicted octanol–water partition coefficient (Wildman–Crippen LogP) is 3.43. The number of aryl methyl sites for hydroxylation is 1. The van der Waals surface area contributed by atoms with Crippen LogP contribution in [0, 0.1) is 0 Å². The highest BCUT2D eigenvalue weighted by Gasteiger charge is 2.14. The van der Waals surface area contributed by atoms with Gasteiger partial charge >= 0.3 is 0 Å². The second kappa shape index (κ2) is 9.50. The molecule has 2 rings (SSSR count). The zero-order valence-corrected chi connectivity index (χ0v) is 16.2. The number of ether oxygens (including phenoxy) is 2. The third kappa shape index (κ3) is 5.66. The van der Waals surface area contributed by atoms with Crippen molar-refractivity contribution in [3.63, 3.8) is 0 Å². The van der Waals surface area contributed by atoms with Gasteiger partial charge in [-0.2, -0.15) is 0 Å². The molecular formula is C18H29BrN2O2. The summed E-state index contributed by atoms with van der Waals surface area (Å²) in [7, 11) is 3.90. The Balaban J connectivity index is 1.88. The molecule has 0 spiro atoms. The first-order valence-electron chi connectivity index (χ1n) is 8.54. The van der Waals surface area contributed by atoms with Crippen molar-refractivity contribution in [1.29, 1.82) is 0 Å². The lowest BCUT2D eigenvalue weighted by Crippen LogP contribution is -2.44. The molecule has 0 N–H and O–H groups in total. The van der Waals surface area contributed by atoms with Crippen molar-refractivity contribution in [3.05, 3.63) is 22.2 Å². The van der Waals surface area contributed by atoms with E-state index in [1.807, 2.05) is 0 Å². The van der Waals surface area contributed by atoms with Crippen molar-refractivity contribution in [1.82, 2.24) is 9.80 Å². The van der Waals surface area contributed by atoms with Crippen LogP contribution in [-0.2, 0) is 6.42 Å². The fraction of sp³-hybridized carbons (Fsp3) is 0.667. The zero-order valence-electron chi connectivity index (χ0n) is 14.6. The fourth-order valence-electron chi connectivity index (χ4n) is 2.84. The number of nitrogens with zero attached hydrogens (tertiary/aromatic N) is 2. The van der Waals surface area contributed by atoms with Gasteiger partial charge in [-0.25, -0.2) is 0 Å². The van der Waals surface area contributed by atoms with Crippen LogP contribution in [0.4, 0.5) is 0 Å². The highest BCUT2D eigenvalue weighted by Crippen LogP contribution is 2.37. The monoisotopic (exact) mass is 384 g/mol. The summed E-state index contributed by atoms with van der Waals surface area (Å²) < 4.78 is 12.3. The molecule has 4 nitrogen and oxygen atoms in total. The third-order valence-corrected chi connectivity index (χ3v) is 4.86. The summed E-state index contributed by atoms with van der Waals surface area (Å²) in [6.45, 7) is 8.72. The van der Waals surface area contributed by atoms with Crippen molar-refractivity contribution in [3.8, 4) is 11.5 Å². The number of methoxy groups -OCH3 is 1. The topological polar surface area (TPSA) is 24.9 Å². The van der Waals surface area contributed by atoms with Gasteiger partial charge in [0.25, 0.3) is 0 Å². The Morgan fingerprint density at radius 3 is 2.57 bits per heavy atom. The van der Waals surface area contributed by atoms with Gasteiger partial charge in [0.05, 0.1) is 18.2 Å². The molecule has 1 fully saturated rings. The first kappa shape index (κ1) is 18.6. The Kier molecular flexibility index (Phi) is 7.66. The van der Waals surface area contributed by atoms with Crippen LogP contribution in [0.25, 0.3) is 0 Å². The molecule has 1 saturated heterocycles. The summed E-state index contributed by atoms with van der Waals surface area (Å²) in [4.78, 5) is 4.96. The second-order valence-corrected chi connectivity index (χ2v) is 7.06. The number of likely N-dealkylation sites (N-methyl/N-ethyl adjacent to an activating group) is 1. The maximum absolute atomic E-state index is 5.79. The third-order valence-electron chi connectivity index (χ3n) is 4.28. The van der Waals surface area contributed by atoms with Crippen molar-refractivity contribution >= 4 is 15.9 Å². The average molecular weight is 385 g/mol. The number of rotatable bonds is 8. The van der Waals surface area contributed by atoms with Crippen LogP contribution in [0.3, 0.4) is 0 Å². The van der Waals surface area contributed by atoms with Gasteiger partial charge in [0.2, 0.25) is 0 Å². The van der Waals surface area contributed by atoms with E-state index in [0.717, 1.165) is 28.8 Å². The van der Waals surface area contributed by atoms with E-state index in [-0.39, 0.29) is 0 Å². The van der Waals surface area contributed by atoms with Gasteiger partial charge in [-0.3, -0.25) is 0 Å². The lowest BCUT2D eigenvalue weighted by atomic mass is 10.1. The molecule has 0 aliphatic carbocycles. The van der Waals surface area contributed by atoms with Gasteiger partial charge < -0.3 is 19.3 Å². The second-order valence-electron chi connectivity index (χ2n) is 6.21. The SMILES string of the molecule is CCCOc1c(Br)cc(CCCN2CCN(C)CC2)cc1OC. The molecule has 5 heteroatoms. The van der Waals surface area contributed by atoms with E-state index in [4.69, 9.17) is 9.47 Å². The first-order valence-corrected chi connectivity index (χ1v) is 9.33. The lowest BCUT2D eigenvalue weighted by Gasteiger charge is -2.32. The molecule has 1 aliphatic rings. The molecule has 1 aliphatic heterocycles. The Bertz CT molecular complexity index is 488. The molecule has 0 saturated carbocycles. The summed E-state index contributed by atoms with van der Waals surface area (Å²) in [5, 5.41) is 0. The maximum atomic E-state index is 5.79. The van der Waals surface area contributed by atoms with Crippen LogP contribution >= 0.6 is 15.9 Å². The van der Waals surface area contributed by atoms with Crippen LogP contribution in [-0.4, -0.2) is 63.3 Å². The Hall–Kier alpha value is -0.780. The van der Waals surface area contributed by atoms with E-state index >= 15 is 0 Å². The molecule has 0 aromatic heterocycles. The van der Waals surface area contributed by atoms with Gasteiger partial charge in [-0.1, -0.05) is 6.92 Å². The van der Waals surface area contributed by atoms with Crippen LogP contribution < -0.4 is 9.47 Å². The Labute approximate surface area is 148 Å². The lowest BCUT2D eigenvalue weighted by molar-refractivity contribution is 0.153. The minimum atomic E-state index is 0.706. The van der Waals surface area contributed by atoms with E-state index < -0.39 is 0 Å². The van der Waals surface area contributed by atoms with Crippen LogP contribution in [0.2, 0.25) is 0 Å². The normalized spacial score (nSPS) is 16.5. The Morgan fingerprint density at radius 2 is 1.91 bits per heavy atom. The highest BCUT2D eigenvalue weighted by atomic mass is 79.9. The highest BCUT2D eigenvalue weighted by molar-refractivity contribution is 9.10. The van der Waals surface area contributed by atoms with Crippen LogP contribution in [0.15, 0.2) is 16.6 Å². The van der Waals surface area contributed by atoms with E-state index in [2.05, 4.69) is 51.8 Å². The average Bonchev–Trinajstić information content (AvgIpc) is 2.55. The molecule has 0 amide bonds. The van der Waals surface area contributed by atoms with E-state index in [9.17, 15) is 0 Å². The summed E-state index contributed by atoms with van der Waals surface area (Å²) >= 11 is 3.62. The number of hydrogen-bond donors (Lipinski definition) is 0. The minimum Gasteiger partial charge on any atom is -0.493 e. The number of halogens is 1. The predicted molar refractivity (Wildman–Crippen MR) is 98.7 cm³/mol. The van der Waals surface area contributed by atoms with Gasteiger partial charge in [-0.05, 0) is 66.5 Å². The number of piperazine rings is 1. The zero-order chi connectivity index (χ0) is 16.7. The van der Waals surface area contributed by atoms with Gasteiger partial charge in [0.15, 0.2) is 11.5 Å². The standard InChI is InChI=1S/C18H29BrN2O2/c1-4-12-23-18-16(19)13-15(14-17(18)22-3)6-5-7-21-10-8-20(2)9-11-21/h13-14H,4-12H2,1-3H3. The molecule has 1 heterocycles. The smallest absolute Gasteiger partial charge is 0.175 e. The number of benzene rings is 1. The summed E-state index contributed by atoms with van der Waals surface area (Å²) in [6.07, 6.45) is 3.23. The fourth-order valence-corrected chi connectivity index (χ4v) is 3.44. The largest absolute Gasteiger partial charge is 0.493 e. The van der Waals surface area contributed by atoms with Crippen LogP contribution in [0.5, 0.6) is 11.5 Å². The molecular weight excluding hydrogens is 356 g/mol. The molecule has 23 heavy (non-hydrogen) atoms. The molecule has 0 unspecified atom stereocenters. The summed E-state index contributed by atoms with van der Waals surface area (Å²) in [6, 6.07) is 4.28. The van der Waals surface area contributed by atoms with Crippen molar-refractivity contribution in [2.45, 2.75) is 26.2 Å². The van der Waals surface area contributed by atoms with Gasteiger partial charge in [0.1, 0.15) is 0 Å². The van der Waals surface area contributed by atoms with Crippen molar-refractivity contribution < 1.29 is 9.47 Å². The molecule has 0 radical (unpaired) electrons. The molecule has 1 aromatic rings. The van der Waals surface area contributed by atoms with E-state index in [1.165, 1.54) is 44.7 Å². The molecule has 0 atom stereocenters. The molecule has 0 bridgehead atoms. The quantitative estimate of drug-likeness (QED) is 0.685. The van der Waals surface area contributed by atoms with Gasteiger partial charge in [0, 0.05) is 26.2 Å². The minimum absolute atomic E-state index is 0.706. The first-order chi connectivity index (χ1) is 11.1. The van der Waals surface area contributed by atoms with Crippen molar-refractivity contribution in [2.24, 2.45) is 0 Å². The Morgan fingerprint density at radius 1 is 1.17 bits per heavy atom. The molecule has 130 valence electrons. The summed E-state index contributed by atoms with van der Waals surface area (Å²) in [5.41, 5.74) is 1.30.